The molecule has 0 fully saturated rings. The molecule has 3 aromatic rings. The number of methoxy groups -OCH3 is 1. The second-order valence-electron chi connectivity index (χ2n) is 5.34. The highest BCUT2D eigenvalue weighted by Crippen LogP contribution is 2.27. The zero-order valence-corrected chi connectivity index (χ0v) is 14.2. The van der Waals surface area contributed by atoms with Crippen LogP contribution in [0, 0.1) is 20.8 Å². The minimum absolute atomic E-state index is 0. The van der Waals surface area contributed by atoms with Crippen LogP contribution in [0.2, 0.25) is 0 Å². The number of esters is 1. The topological polar surface area (TPSA) is 48.5 Å². The molecule has 0 saturated heterocycles. The molecule has 0 radical (unpaired) electrons. The average molecular weight is 322 g/mol. The van der Waals surface area contributed by atoms with E-state index in [9.17, 15) is 4.79 Å². The number of aryl methyl sites for hydroxylation is 4. The third kappa shape index (κ3) is 2.08. The van der Waals surface area contributed by atoms with Gasteiger partial charge in [-0.3, -0.25) is 4.40 Å². The predicted octanol–water partition coefficient (Wildman–Crippen LogP) is 3.44. The lowest BCUT2D eigenvalue weighted by Crippen LogP contribution is -2.06. The number of fused-ring (bicyclic) bond motifs is 3. The van der Waals surface area contributed by atoms with Crippen molar-refractivity contribution in [3.05, 3.63) is 34.6 Å². The van der Waals surface area contributed by atoms with E-state index in [1.165, 1.54) is 18.2 Å². The average Bonchev–Trinajstić information content (AvgIpc) is 2.92. The molecule has 0 amide bonds. The number of carbonyl (C=O) groups excluding carboxylic acids is 1. The number of halogens is 1. The van der Waals surface area contributed by atoms with Gasteiger partial charge in [-0.2, -0.15) is 0 Å². The normalized spacial score (nSPS) is 11.0. The first kappa shape index (κ1) is 16.4. The van der Waals surface area contributed by atoms with Crippen LogP contribution in [0.15, 0.2) is 12.1 Å². The molecule has 5 nitrogen and oxygen atoms in total. The van der Waals surface area contributed by atoms with Crippen LogP contribution < -0.4 is 0 Å². The first-order valence-electron chi connectivity index (χ1n) is 7.06. The fourth-order valence-electron chi connectivity index (χ4n) is 2.86. The zero-order chi connectivity index (χ0) is 15.3. The fraction of sp³-hybridized carbons (Fsp3) is 0.375. The van der Waals surface area contributed by atoms with E-state index in [0.717, 1.165) is 23.4 Å². The molecule has 2 aromatic heterocycles. The quantitative estimate of drug-likeness (QED) is 0.679. The minimum atomic E-state index is -0.353. The monoisotopic (exact) mass is 321 g/mol. The predicted molar refractivity (Wildman–Crippen MR) is 89.2 cm³/mol. The number of rotatable bonds is 2. The number of imidazole rings is 2. The van der Waals surface area contributed by atoms with E-state index in [4.69, 9.17) is 4.74 Å². The number of carbonyl (C=O) groups is 1. The number of hydrogen-bond donors (Lipinski definition) is 0. The molecule has 0 atom stereocenters. The second-order valence-corrected chi connectivity index (χ2v) is 5.34. The van der Waals surface area contributed by atoms with Gasteiger partial charge in [-0.1, -0.05) is 0 Å². The zero-order valence-electron chi connectivity index (χ0n) is 13.4. The van der Waals surface area contributed by atoms with Crippen LogP contribution in [0.4, 0.5) is 0 Å². The van der Waals surface area contributed by atoms with Crippen LogP contribution in [-0.4, -0.2) is 27.0 Å². The Morgan fingerprint density at radius 1 is 1.18 bits per heavy atom. The van der Waals surface area contributed by atoms with Gasteiger partial charge in [-0.05, 0) is 51.0 Å². The standard InChI is InChI=1S/C16H19N3O2.ClH/c1-6-18-12-7-9(2)10(3)8-13(12)19-14(15(20)21-5)11(4)17-16(18)19;/h7-8H,6H2,1-5H3;1H. The van der Waals surface area contributed by atoms with Crippen LogP contribution in [0.5, 0.6) is 0 Å². The van der Waals surface area contributed by atoms with Gasteiger partial charge < -0.3 is 9.30 Å². The van der Waals surface area contributed by atoms with Crippen molar-refractivity contribution >= 4 is 35.2 Å². The summed E-state index contributed by atoms with van der Waals surface area (Å²) >= 11 is 0. The van der Waals surface area contributed by atoms with E-state index >= 15 is 0 Å². The molecule has 2 heterocycles. The molecule has 6 heteroatoms. The molecule has 0 saturated carbocycles. The van der Waals surface area contributed by atoms with Crippen LogP contribution in [0.3, 0.4) is 0 Å². The van der Waals surface area contributed by atoms with E-state index in [2.05, 4.69) is 42.5 Å². The van der Waals surface area contributed by atoms with Gasteiger partial charge in [0.25, 0.3) is 0 Å². The Hall–Kier alpha value is -2.01. The Morgan fingerprint density at radius 2 is 1.77 bits per heavy atom. The van der Waals surface area contributed by atoms with Gasteiger partial charge >= 0.3 is 5.97 Å². The smallest absolute Gasteiger partial charge is 0.357 e. The van der Waals surface area contributed by atoms with Crippen molar-refractivity contribution in [3.63, 3.8) is 0 Å². The summed E-state index contributed by atoms with van der Waals surface area (Å²) in [6, 6.07) is 4.26. The molecular weight excluding hydrogens is 302 g/mol. The second kappa shape index (κ2) is 5.65. The summed E-state index contributed by atoms with van der Waals surface area (Å²) in [5, 5.41) is 0. The summed E-state index contributed by atoms with van der Waals surface area (Å²) in [7, 11) is 1.40. The molecular formula is C16H20ClN3O2. The molecule has 118 valence electrons. The lowest BCUT2D eigenvalue weighted by atomic mass is 10.1. The third-order valence-electron chi connectivity index (χ3n) is 4.09. The Morgan fingerprint density at radius 3 is 2.32 bits per heavy atom. The molecule has 0 aliphatic rings. The Labute approximate surface area is 135 Å². The number of aromatic nitrogens is 3. The summed E-state index contributed by atoms with van der Waals surface area (Å²) in [4.78, 5) is 16.7. The highest BCUT2D eigenvalue weighted by molar-refractivity contribution is 5.94. The minimum Gasteiger partial charge on any atom is -0.464 e. The lowest BCUT2D eigenvalue weighted by molar-refractivity contribution is 0.0592. The fourth-order valence-corrected chi connectivity index (χ4v) is 2.86. The van der Waals surface area contributed by atoms with Gasteiger partial charge in [-0.15, -0.1) is 12.4 Å². The Balaban J connectivity index is 0.00000176. The first-order valence-corrected chi connectivity index (χ1v) is 7.06. The molecule has 0 N–H and O–H groups in total. The number of benzene rings is 1. The maximum Gasteiger partial charge on any atom is 0.357 e. The number of nitrogens with zero attached hydrogens (tertiary/aromatic N) is 3. The van der Waals surface area contributed by atoms with E-state index in [-0.39, 0.29) is 18.4 Å². The van der Waals surface area contributed by atoms with Gasteiger partial charge in [0, 0.05) is 6.54 Å². The molecule has 0 aliphatic heterocycles. The summed E-state index contributed by atoms with van der Waals surface area (Å²) in [6.45, 7) is 8.89. The summed E-state index contributed by atoms with van der Waals surface area (Å²) < 4.78 is 8.96. The van der Waals surface area contributed by atoms with Crippen molar-refractivity contribution in [1.82, 2.24) is 14.0 Å². The molecule has 22 heavy (non-hydrogen) atoms. The van der Waals surface area contributed by atoms with Crippen molar-refractivity contribution in [2.75, 3.05) is 7.11 Å². The maximum atomic E-state index is 12.1. The van der Waals surface area contributed by atoms with Crippen molar-refractivity contribution in [3.8, 4) is 0 Å². The number of hydrogen-bond acceptors (Lipinski definition) is 3. The van der Waals surface area contributed by atoms with E-state index in [1.54, 1.807) is 0 Å². The van der Waals surface area contributed by atoms with E-state index in [0.29, 0.717) is 11.4 Å². The van der Waals surface area contributed by atoms with Crippen molar-refractivity contribution in [2.45, 2.75) is 34.2 Å². The number of ether oxygens (including phenoxy) is 1. The maximum absolute atomic E-state index is 12.1. The highest BCUT2D eigenvalue weighted by Gasteiger charge is 2.23. The lowest BCUT2D eigenvalue weighted by Gasteiger charge is -2.04. The summed E-state index contributed by atoms with van der Waals surface area (Å²) in [6.07, 6.45) is 0. The SMILES string of the molecule is CCn1c2cc(C)c(C)cc2n2c(C(=O)OC)c(C)nc12.Cl. The Kier molecular flexibility index (Phi) is 4.20. The van der Waals surface area contributed by atoms with Gasteiger partial charge in [-0.25, -0.2) is 9.78 Å². The largest absolute Gasteiger partial charge is 0.464 e. The first-order chi connectivity index (χ1) is 9.99. The van der Waals surface area contributed by atoms with E-state index < -0.39 is 0 Å². The molecule has 1 aromatic carbocycles. The summed E-state index contributed by atoms with van der Waals surface area (Å²) in [5.74, 6) is 0.434. The van der Waals surface area contributed by atoms with E-state index in [1.807, 2.05) is 11.3 Å². The molecule has 0 spiro atoms. The highest BCUT2D eigenvalue weighted by atomic mass is 35.5. The van der Waals surface area contributed by atoms with Crippen molar-refractivity contribution in [2.24, 2.45) is 0 Å². The van der Waals surface area contributed by atoms with Gasteiger partial charge in [0.05, 0.1) is 23.8 Å². The molecule has 0 aliphatic carbocycles. The summed E-state index contributed by atoms with van der Waals surface area (Å²) in [5.41, 5.74) is 5.71. The van der Waals surface area contributed by atoms with Crippen LogP contribution in [0.1, 0.15) is 34.2 Å². The Bertz CT molecular complexity index is 877. The molecule has 0 bridgehead atoms. The van der Waals surface area contributed by atoms with Crippen molar-refractivity contribution in [1.29, 1.82) is 0 Å². The van der Waals surface area contributed by atoms with Crippen LogP contribution in [0.25, 0.3) is 16.8 Å². The van der Waals surface area contributed by atoms with Crippen LogP contribution in [-0.2, 0) is 11.3 Å². The van der Waals surface area contributed by atoms with Gasteiger partial charge in [0.1, 0.15) is 0 Å². The van der Waals surface area contributed by atoms with Gasteiger partial charge in [0.15, 0.2) is 5.69 Å². The van der Waals surface area contributed by atoms with Crippen LogP contribution >= 0.6 is 12.4 Å². The molecule has 0 unspecified atom stereocenters. The third-order valence-corrected chi connectivity index (χ3v) is 4.09. The van der Waals surface area contributed by atoms with Gasteiger partial charge in [0.2, 0.25) is 5.78 Å². The van der Waals surface area contributed by atoms with Crippen molar-refractivity contribution < 1.29 is 9.53 Å². The molecule has 3 rings (SSSR count).